The minimum absolute atomic E-state index is 0.0320. The lowest BCUT2D eigenvalue weighted by atomic mass is 10.2. The van der Waals surface area contributed by atoms with Crippen LogP contribution in [0.15, 0.2) is 0 Å². The van der Waals surface area contributed by atoms with Crippen molar-refractivity contribution >= 4 is 19.8 Å². The Morgan fingerprint density at radius 2 is 1.77 bits per heavy atom. The van der Waals surface area contributed by atoms with Crippen LogP contribution in [0.1, 0.15) is 39.5 Å². The third kappa shape index (κ3) is 15.3. The number of hydrogen-bond acceptors (Lipinski definition) is 8. The number of unbranched alkanes of at least 4 members (excludes halogenated alkanes) is 2. The summed E-state index contributed by atoms with van der Waals surface area (Å²) in [5, 5.41) is 0. The van der Waals surface area contributed by atoms with Crippen LogP contribution in [0, 0.1) is 0 Å². The van der Waals surface area contributed by atoms with Crippen LogP contribution < -0.4 is 4.89 Å². The van der Waals surface area contributed by atoms with Gasteiger partial charge in [-0.3, -0.25) is 14.2 Å². The molecule has 2 unspecified atom stereocenters. The van der Waals surface area contributed by atoms with Gasteiger partial charge in [-0.15, -0.1) is 0 Å². The zero-order valence-corrected chi connectivity index (χ0v) is 17.3. The van der Waals surface area contributed by atoms with Crippen molar-refractivity contribution in [3.05, 3.63) is 0 Å². The summed E-state index contributed by atoms with van der Waals surface area (Å²) in [6.45, 7) is 2.89. The van der Waals surface area contributed by atoms with Crippen molar-refractivity contribution in [3.8, 4) is 0 Å². The maximum Gasteiger partial charge on any atom is 0.306 e. The number of nitrogens with zero attached hydrogens (tertiary/aromatic N) is 1. The third-order valence-electron chi connectivity index (χ3n) is 3.19. The number of ether oxygens (including phenoxy) is 2. The molecule has 0 aliphatic rings. The van der Waals surface area contributed by atoms with Crippen LogP contribution in [-0.2, 0) is 32.7 Å². The first-order valence-corrected chi connectivity index (χ1v) is 10.1. The molecule has 0 aromatic heterocycles. The average Bonchev–Trinajstić information content (AvgIpc) is 2.48. The molecule has 0 amide bonds. The Morgan fingerprint density at radius 1 is 1.12 bits per heavy atom. The van der Waals surface area contributed by atoms with Crippen molar-refractivity contribution in [2.24, 2.45) is 0 Å². The van der Waals surface area contributed by atoms with Gasteiger partial charge in [0.25, 0.3) is 7.82 Å². The molecule has 0 spiro atoms. The molecule has 0 radical (unpaired) electrons. The number of rotatable bonds is 14. The second-order valence-corrected chi connectivity index (χ2v) is 8.37. The van der Waals surface area contributed by atoms with Crippen LogP contribution in [0.3, 0.4) is 0 Å². The van der Waals surface area contributed by atoms with E-state index in [9.17, 15) is 19.0 Å². The first kappa shape index (κ1) is 25.0. The zero-order valence-electron chi connectivity index (χ0n) is 16.4. The predicted octanol–water partition coefficient (Wildman–Crippen LogP) is 1.25. The molecule has 10 heteroatoms. The first-order valence-electron chi connectivity index (χ1n) is 8.68. The molecule has 2 atom stereocenters. The van der Waals surface area contributed by atoms with Gasteiger partial charge in [0, 0.05) is 13.3 Å². The van der Waals surface area contributed by atoms with E-state index >= 15 is 0 Å². The number of likely N-dealkylation sites (N-methyl/N-ethyl adjacent to an activating group) is 1. The molecule has 0 rings (SSSR count). The lowest BCUT2D eigenvalue weighted by molar-refractivity contribution is -0.870. The number of carbonyl (C=O) groups excluding carboxylic acids is 2. The summed E-state index contributed by atoms with van der Waals surface area (Å²) in [5.74, 6) is -1.06. The van der Waals surface area contributed by atoms with Crippen molar-refractivity contribution in [3.63, 3.8) is 0 Å². The Balaban J connectivity index is 4.48. The van der Waals surface area contributed by atoms with Crippen molar-refractivity contribution < 1.29 is 42.1 Å². The number of phosphoric acid groups is 1. The molecule has 0 N–H and O–H groups in total. The van der Waals surface area contributed by atoms with E-state index in [4.69, 9.17) is 18.5 Å². The molecule has 0 aliphatic carbocycles. The van der Waals surface area contributed by atoms with Crippen LogP contribution in [0.2, 0.25) is 0 Å². The van der Waals surface area contributed by atoms with Gasteiger partial charge in [-0.2, -0.15) is 0 Å². The fraction of sp³-hybridized carbons (Fsp3) is 0.875. The number of quaternary nitrogens is 1. The Labute approximate surface area is 155 Å². The third-order valence-corrected chi connectivity index (χ3v) is 4.15. The number of hydrogen-bond donors (Lipinski definition) is 0. The van der Waals surface area contributed by atoms with Crippen molar-refractivity contribution in [2.75, 3.05) is 47.5 Å². The minimum Gasteiger partial charge on any atom is -0.756 e. The summed E-state index contributed by atoms with van der Waals surface area (Å²) in [6, 6.07) is 0. The monoisotopic (exact) mass is 397 g/mol. The van der Waals surface area contributed by atoms with Gasteiger partial charge in [-0.1, -0.05) is 19.8 Å². The highest BCUT2D eigenvalue weighted by molar-refractivity contribution is 7.45. The van der Waals surface area contributed by atoms with E-state index < -0.39 is 32.5 Å². The molecule has 0 aliphatic heterocycles. The van der Waals surface area contributed by atoms with E-state index in [1.807, 2.05) is 28.1 Å². The van der Waals surface area contributed by atoms with E-state index in [1.165, 1.54) is 6.92 Å². The maximum absolute atomic E-state index is 11.8. The Bertz CT molecular complexity index is 477. The maximum atomic E-state index is 11.8. The molecule has 0 bridgehead atoms. The normalized spacial score (nSPS) is 15.2. The number of esters is 2. The summed E-state index contributed by atoms with van der Waals surface area (Å²) in [4.78, 5) is 34.5. The van der Waals surface area contributed by atoms with Gasteiger partial charge in [-0.05, 0) is 6.42 Å². The molecule has 0 fully saturated rings. The quantitative estimate of drug-likeness (QED) is 0.186. The van der Waals surface area contributed by atoms with Gasteiger partial charge in [0.15, 0.2) is 6.10 Å². The highest BCUT2D eigenvalue weighted by Crippen LogP contribution is 2.38. The first-order chi connectivity index (χ1) is 11.9. The van der Waals surface area contributed by atoms with Crippen molar-refractivity contribution in [2.45, 2.75) is 45.6 Å². The van der Waals surface area contributed by atoms with Gasteiger partial charge in [0.1, 0.15) is 19.8 Å². The minimum atomic E-state index is -4.54. The van der Waals surface area contributed by atoms with Crippen LogP contribution in [0.5, 0.6) is 0 Å². The van der Waals surface area contributed by atoms with Gasteiger partial charge >= 0.3 is 11.9 Å². The predicted molar refractivity (Wildman–Crippen MR) is 93.1 cm³/mol. The molecule has 0 aromatic carbocycles. The SMILES string of the molecule is CCCCCC(=O)OC(COC(C)=O)COP(=O)([O-])OCC[N+](C)(C)C. The lowest BCUT2D eigenvalue weighted by Crippen LogP contribution is -2.37. The van der Waals surface area contributed by atoms with Crippen molar-refractivity contribution in [1.82, 2.24) is 0 Å². The Morgan fingerprint density at radius 3 is 2.31 bits per heavy atom. The second-order valence-electron chi connectivity index (χ2n) is 6.96. The molecule has 0 saturated carbocycles. The molecular weight excluding hydrogens is 365 g/mol. The van der Waals surface area contributed by atoms with Crippen LogP contribution >= 0.6 is 7.82 Å². The second kappa shape index (κ2) is 12.4. The highest BCUT2D eigenvalue weighted by Gasteiger charge is 2.21. The summed E-state index contributed by atoms with van der Waals surface area (Å²) < 4.78 is 31.8. The molecule has 154 valence electrons. The molecule has 9 nitrogen and oxygen atoms in total. The van der Waals surface area contributed by atoms with Crippen LogP contribution in [-0.4, -0.2) is 70.0 Å². The fourth-order valence-corrected chi connectivity index (χ4v) is 2.46. The topological polar surface area (TPSA) is 111 Å². The lowest BCUT2D eigenvalue weighted by Gasteiger charge is -2.28. The summed E-state index contributed by atoms with van der Waals surface area (Å²) in [6.07, 6.45) is 1.70. The molecule has 0 saturated heterocycles. The zero-order chi connectivity index (χ0) is 20.2. The summed E-state index contributed by atoms with van der Waals surface area (Å²) in [5.41, 5.74) is 0. The summed E-state index contributed by atoms with van der Waals surface area (Å²) in [7, 11) is 1.15. The molecular formula is C16H32NO8P. The molecule has 26 heavy (non-hydrogen) atoms. The van der Waals surface area contributed by atoms with E-state index in [0.717, 1.165) is 12.8 Å². The highest BCUT2D eigenvalue weighted by atomic mass is 31.2. The van der Waals surface area contributed by atoms with E-state index in [2.05, 4.69) is 0 Å². The van der Waals surface area contributed by atoms with Crippen LogP contribution in [0.4, 0.5) is 0 Å². The van der Waals surface area contributed by atoms with E-state index in [1.54, 1.807) is 0 Å². The number of carbonyl (C=O) groups is 2. The van der Waals surface area contributed by atoms with Crippen molar-refractivity contribution in [1.29, 1.82) is 0 Å². The van der Waals surface area contributed by atoms with Gasteiger partial charge in [0.05, 0.1) is 27.7 Å². The standard InChI is InChI=1S/C16H32NO8P/c1-6-7-8-9-16(19)25-15(12-22-14(2)18)13-24-26(20,21)23-11-10-17(3,4)5/h15H,6-13H2,1-5H3. The van der Waals surface area contributed by atoms with Gasteiger partial charge < -0.3 is 27.9 Å². The fourth-order valence-electron chi connectivity index (χ4n) is 1.73. The smallest absolute Gasteiger partial charge is 0.306 e. The van der Waals surface area contributed by atoms with Gasteiger partial charge in [0.2, 0.25) is 0 Å². The molecule has 0 aromatic rings. The number of phosphoric ester groups is 1. The van der Waals surface area contributed by atoms with E-state index in [-0.39, 0.29) is 19.6 Å². The van der Waals surface area contributed by atoms with E-state index in [0.29, 0.717) is 17.4 Å². The van der Waals surface area contributed by atoms with Crippen LogP contribution in [0.25, 0.3) is 0 Å². The largest absolute Gasteiger partial charge is 0.756 e. The average molecular weight is 397 g/mol. The Hall–Kier alpha value is -0.990. The molecule has 0 heterocycles. The van der Waals surface area contributed by atoms with Gasteiger partial charge in [-0.25, -0.2) is 0 Å². The Kier molecular flexibility index (Phi) is 11.9. The summed E-state index contributed by atoms with van der Waals surface area (Å²) >= 11 is 0.